The fraction of sp³-hybridized carbons (Fsp3) is 0.900. The molecule has 2 rings (SSSR count). The molecule has 0 saturated heterocycles. The van der Waals surface area contributed by atoms with Crippen LogP contribution in [0.25, 0.3) is 0 Å². The van der Waals surface area contributed by atoms with E-state index >= 15 is 0 Å². The van der Waals surface area contributed by atoms with Crippen molar-refractivity contribution in [1.82, 2.24) is 0 Å². The summed E-state index contributed by atoms with van der Waals surface area (Å²) in [5, 5.41) is 8.95. The highest BCUT2D eigenvalue weighted by Crippen LogP contribution is 2.48. The normalized spacial score (nSPS) is 44.4. The van der Waals surface area contributed by atoms with Crippen LogP contribution in [-0.2, 0) is 4.79 Å². The molecule has 2 nitrogen and oxygen atoms in total. The van der Waals surface area contributed by atoms with Crippen molar-refractivity contribution in [2.24, 2.45) is 11.8 Å². The first kappa shape index (κ1) is 9.32. The third kappa shape index (κ3) is 1.83. The van der Waals surface area contributed by atoms with E-state index in [4.69, 9.17) is 16.7 Å². The van der Waals surface area contributed by atoms with E-state index in [0.29, 0.717) is 12.3 Å². The number of aliphatic carboxylic acids is 1. The summed E-state index contributed by atoms with van der Waals surface area (Å²) in [6, 6.07) is 0. The summed E-state index contributed by atoms with van der Waals surface area (Å²) in [5.41, 5.74) is 0. The zero-order valence-electron chi connectivity index (χ0n) is 7.63. The van der Waals surface area contributed by atoms with Crippen molar-refractivity contribution in [2.75, 3.05) is 0 Å². The maximum absolute atomic E-state index is 10.9. The highest BCUT2D eigenvalue weighted by Gasteiger charge is 2.43. The standard InChI is InChI=1S/C10H15ClO2/c11-10-3-1-2-7(5-10)4-8(6-10)9(12)13/h7-8H,1-6H2,(H,12,13). The lowest BCUT2D eigenvalue weighted by Crippen LogP contribution is -2.40. The van der Waals surface area contributed by atoms with Gasteiger partial charge in [-0.15, -0.1) is 11.6 Å². The minimum absolute atomic E-state index is 0.176. The van der Waals surface area contributed by atoms with Crippen molar-refractivity contribution in [2.45, 2.75) is 43.4 Å². The van der Waals surface area contributed by atoms with E-state index in [1.807, 2.05) is 0 Å². The maximum atomic E-state index is 10.9. The SMILES string of the molecule is O=C(O)C1CC2CCCC(Cl)(C2)C1. The Balaban J connectivity index is 2.11. The van der Waals surface area contributed by atoms with Gasteiger partial charge in [0.05, 0.1) is 5.92 Å². The number of hydrogen-bond acceptors (Lipinski definition) is 1. The minimum Gasteiger partial charge on any atom is -0.481 e. The first-order chi connectivity index (χ1) is 6.09. The van der Waals surface area contributed by atoms with E-state index in [1.54, 1.807) is 0 Å². The second-order valence-corrected chi connectivity index (χ2v) is 5.39. The van der Waals surface area contributed by atoms with Gasteiger partial charge in [-0.1, -0.05) is 12.8 Å². The Morgan fingerprint density at radius 1 is 1.46 bits per heavy atom. The predicted octanol–water partition coefficient (Wildman–Crippen LogP) is 2.65. The second-order valence-electron chi connectivity index (χ2n) is 4.59. The van der Waals surface area contributed by atoms with Crippen LogP contribution in [-0.4, -0.2) is 16.0 Å². The van der Waals surface area contributed by atoms with Gasteiger partial charge in [0.1, 0.15) is 0 Å². The quantitative estimate of drug-likeness (QED) is 0.664. The molecule has 2 saturated carbocycles. The molecule has 0 heterocycles. The molecule has 13 heavy (non-hydrogen) atoms. The van der Waals surface area contributed by atoms with Gasteiger partial charge >= 0.3 is 5.97 Å². The maximum Gasteiger partial charge on any atom is 0.306 e. The van der Waals surface area contributed by atoms with Crippen LogP contribution < -0.4 is 0 Å². The summed E-state index contributed by atoms with van der Waals surface area (Å²) in [4.78, 5) is 10.7. The van der Waals surface area contributed by atoms with E-state index in [2.05, 4.69) is 0 Å². The molecular weight excluding hydrogens is 188 g/mol. The Morgan fingerprint density at radius 3 is 2.85 bits per heavy atom. The van der Waals surface area contributed by atoms with Crippen LogP contribution in [0.3, 0.4) is 0 Å². The number of carboxylic acid groups (broad SMARTS) is 1. The van der Waals surface area contributed by atoms with Crippen LogP contribution in [0.1, 0.15) is 38.5 Å². The average molecular weight is 203 g/mol. The van der Waals surface area contributed by atoms with Gasteiger partial charge in [0.2, 0.25) is 0 Å². The van der Waals surface area contributed by atoms with Gasteiger partial charge in [0.15, 0.2) is 0 Å². The molecule has 0 aliphatic heterocycles. The molecule has 3 heteroatoms. The van der Waals surface area contributed by atoms with Crippen LogP contribution in [0.2, 0.25) is 0 Å². The number of halogens is 1. The number of rotatable bonds is 1. The summed E-state index contributed by atoms with van der Waals surface area (Å²) < 4.78 is 0. The summed E-state index contributed by atoms with van der Waals surface area (Å²) >= 11 is 6.38. The number of carbonyl (C=O) groups is 1. The Morgan fingerprint density at radius 2 is 2.23 bits per heavy atom. The topological polar surface area (TPSA) is 37.3 Å². The molecule has 1 N–H and O–H groups in total. The van der Waals surface area contributed by atoms with Crippen molar-refractivity contribution < 1.29 is 9.90 Å². The van der Waals surface area contributed by atoms with Gasteiger partial charge in [-0.2, -0.15) is 0 Å². The summed E-state index contributed by atoms with van der Waals surface area (Å²) in [6.07, 6.45) is 5.94. The molecule has 0 aromatic carbocycles. The zero-order valence-corrected chi connectivity index (χ0v) is 8.39. The smallest absolute Gasteiger partial charge is 0.306 e. The first-order valence-electron chi connectivity index (χ1n) is 5.01. The number of carboxylic acids is 1. The van der Waals surface area contributed by atoms with Crippen molar-refractivity contribution in [3.63, 3.8) is 0 Å². The molecule has 0 amide bonds. The van der Waals surface area contributed by atoms with Crippen molar-refractivity contribution in [3.8, 4) is 0 Å². The molecule has 0 spiro atoms. The lowest BCUT2D eigenvalue weighted by molar-refractivity contribution is -0.144. The van der Waals surface area contributed by atoms with Crippen molar-refractivity contribution in [1.29, 1.82) is 0 Å². The molecule has 0 aromatic heterocycles. The molecule has 2 aliphatic carbocycles. The third-order valence-corrected chi connectivity index (χ3v) is 3.97. The van der Waals surface area contributed by atoms with Crippen LogP contribution >= 0.6 is 11.6 Å². The van der Waals surface area contributed by atoms with Crippen molar-refractivity contribution >= 4 is 17.6 Å². The molecule has 74 valence electrons. The monoisotopic (exact) mass is 202 g/mol. The number of hydrogen-bond donors (Lipinski definition) is 1. The van der Waals surface area contributed by atoms with Crippen LogP contribution in [0, 0.1) is 11.8 Å². The molecule has 2 bridgehead atoms. The van der Waals surface area contributed by atoms with Gasteiger partial charge in [0, 0.05) is 4.87 Å². The van der Waals surface area contributed by atoms with Crippen molar-refractivity contribution in [3.05, 3.63) is 0 Å². The Bertz CT molecular complexity index is 229. The van der Waals surface area contributed by atoms with E-state index in [9.17, 15) is 4.79 Å². The minimum atomic E-state index is -0.656. The van der Waals surface area contributed by atoms with Gasteiger partial charge in [-0.25, -0.2) is 0 Å². The van der Waals surface area contributed by atoms with E-state index in [0.717, 1.165) is 19.3 Å². The molecule has 3 unspecified atom stereocenters. The molecule has 2 aliphatic rings. The highest BCUT2D eigenvalue weighted by atomic mass is 35.5. The Hall–Kier alpha value is -0.240. The Labute approximate surface area is 83.3 Å². The molecule has 2 fully saturated rings. The lowest BCUT2D eigenvalue weighted by Gasteiger charge is -2.43. The number of fused-ring (bicyclic) bond motifs is 2. The van der Waals surface area contributed by atoms with E-state index < -0.39 is 5.97 Å². The Kier molecular flexibility index (Phi) is 2.26. The third-order valence-electron chi connectivity index (χ3n) is 3.47. The van der Waals surface area contributed by atoms with Crippen LogP contribution in [0.4, 0.5) is 0 Å². The van der Waals surface area contributed by atoms with Crippen LogP contribution in [0.15, 0.2) is 0 Å². The highest BCUT2D eigenvalue weighted by molar-refractivity contribution is 6.24. The molecular formula is C10H15ClO2. The fourth-order valence-corrected chi connectivity index (χ4v) is 3.47. The lowest BCUT2D eigenvalue weighted by atomic mass is 9.67. The molecule has 0 radical (unpaired) electrons. The van der Waals surface area contributed by atoms with Gasteiger partial charge < -0.3 is 5.11 Å². The van der Waals surface area contributed by atoms with E-state index in [-0.39, 0.29) is 10.8 Å². The summed E-state index contributed by atoms with van der Waals surface area (Å²) in [6.45, 7) is 0. The summed E-state index contributed by atoms with van der Waals surface area (Å²) in [5.74, 6) is -0.269. The van der Waals surface area contributed by atoms with Gasteiger partial charge in [-0.05, 0) is 31.6 Å². The predicted molar refractivity (Wildman–Crippen MR) is 50.9 cm³/mol. The second kappa shape index (κ2) is 3.16. The largest absolute Gasteiger partial charge is 0.481 e. The molecule has 3 atom stereocenters. The summed E-state index contributed by atoms with van der Waals surface area (Å²) in [7, 11) is 0. The fourth-order valence-electron chi connectivity index (χ4n) is 2.93. The molecule has 0 aromatic rings. The van der Waals surface area contributed by atoms with Gasteiger partial charge in [0.25, 0.3) is 0 Å². The zero-order chi connectivity index (χ0) is 9.47. The van der Waals surface area contributed by atoms with Crippen LogP contribution in [0.5, 0.6) is 0 Å². The van der Waals surface area contributed by atoms with Gasteiger partial charge in [-0.3, -0.25) is 4.79 Å². The first-order valence-corrected chi connectivity index (χ1v) is 5.39. The average Bonchev–Trinajstić information content (AvgIpc) is 2.01. The van der Waals surface area contributed by atoms with E-state index in [1.165, 1.54) is 12.8 Å². The number of alkyl halides is 1.